The summed E-state index contributed by atoms with van der Waals surface area (Å²) in [5, 5.41) is 0. The second-order valence-corrected chi connectivity index (χ2v) is 7.85. The molecule has 8 heteroatoms. The van der Waals surface area contributed by atoms with Crippen LogP contribution < -0.4 is 0 Å². The third kappa shape index (κ3) is 6.11. The zero-order valence-electron chi connectivity index (χ0n) is 12.9. The van der Waals surface area contributed by atoms with Crippen molar-refractivity contribution in [2.75, 3.05) is 0 Å². The Labute approximate surface area is 136 Å². The molecule has 0 spiro atoms. The first-order valence-electron chi connectivity index (χ1n) is 6.50. The van der Waals surface area contributed by atoms with E-state index in [1.54, 1.807) is 25.1 Å². The summed E-state index contributed by atoms with van der Waals surface area (Å²) < 4.78 is 59.5. The Morgan fingerprint density at radius 1 is 0.652 bits per heavy atom. The van der Waals surface area contributed by atoms with Gasteiger partial charge in [0.05, 0.1) is 9.79 Å². The fourth-order valence-electron chi connectivity index (χ4n) is 1.58. The van der Waals surface area contributed by atoms with Gasteiger partial charge in [0.1, 0.15) is 0 Å². The lowest BCUT2D eigenvalue weighted by Gasteiger charge is -2.01. The lowest BCUT2D eigenvalue weighted by molar-refractivity contribution is 0.481. The summed E-state index contributed by atoms with van der Waals surface area (Å²) in [5.74, 6) is 0. The average Bonchev–Trinajstić information content (AvgIpc) is 2.41. The average molecular weight is 358 g/mol. The van der Waals surface area contributed by atoms with E-state index in [0.29, 0.717) is 0 Å². The first-order chi connectivity index (χ1) is 10.4. The molecule has 6 nitrogen and oxygen atoms in total. The van der Waals surface area contributed by atoms with E-state index in [0.717, 1.165) is 16.7 Å². The van der Waals surface area contributed by atoms with Crippen LogP contribution in [0.4, 0.5) is 0 Å². The molecule has 0 aliphatic carbocycles. The van der Waals surface area contributed by atoms with E-state index in [1.807, 2.05) is 13.8 Å². The number of hydrogen-bond acceptors (Lipinski definition) is 4. The third-order valence-electron chi connectivity index (χ3n) is 3.10. The molecule has 23 heavy (non-hydrogen) atoms. The quantitative estimate of drug-likeness (QED) is 0.799. The first kappa shape index (κ1) is 19.3. The van der Waals surface area contributed by atoms with Crippen molar-refractivity contribution < 1.29 is 25.9 Å². The maximum absolute atomic E-state index is 10.7. The molecular formula is C15H18O6S2. The largest absolute Gasteiger partial charge is 0.294 e. The summed E-state index contributed by atoms with van der Waals surface area (Å²) >= 11 is 0. The zero-order chi connectivity index (χ0) is 17.8. The van der Waals surface area contributed by atoms with Crippen molar-refractivity contribution in [2.45, 2.75) is 30.6 Å². The Kier molecular flexibility index (Phi) is 6.06. The van der Waals surface area contributed by atoms with E-state index in [-0.39, 0.29) is 9.79 Å². The molecule has 2 aromatic rings. The summed E-state index contributed by atoms with van der Waals surface area (Å²) in [6, 6.07) is 10.5. The molecule has 126 valence electrons. The van der Waals surface area contributed by atoms with Gasteiger partial charge in [-0.05, 0) is 56.2 Å². The second-order valence-electron chi connectivity index (χ2n) is 5.01. The molecule has 0 fully saturated rings. The number of hydrogen-bond donors (Lipinski definition) is 2. The minimum absolute atomic E-state index is 0.0504. The van der Waals surface area contributed by atoms with E-state index in [1.165, 1.54) is 24.3 Å². The van der Waals surface area contributed by atoms with Crippen LogP contribution in [-0.4, -0.2) is 25.9 Å². The van der Waals surface area contributed by atoms with E-state index < -0.39 is 20.2 Å². The van der Waals surface area contributed by atoms with Gasteiger partial charge < -0.3 is 0 Å². The Hall–Kier alpha value is -1.74. The maximum atomic E-state index is 10.7. The van der Waals surface area contributed by atoms with Crippen LogP contribution >= 0.6 is 0 Å². The number of rotatable bonds is 2. The van der Waals surface area contributed by atoms with Crippen molar-refractivity contribution in [2.24, 2.45) is 0 Å². The van der Waals surface area contributed by atoms with Crippen LogP contribution in [0.3, 0.4) is 0 Å². The van der Waals surface area contributed by atoms with Crippen molar-refractivity contribution in [1.82, 2.24) is 0 Å². The van der Waals surface area contributed by atoms with Gasteiger partial charge in [0.25, 0.3) is 20.2 Å². The molecule has 0 aliphatic rings. The number of benzene rings is 2. The summed E-state index contributed by atoms with van der Waals surface area (Å²) in [4.78, 5) is -0.117. The fourth-order valence-corrected chi connectivity index (χ4v) is 2.63. The van der Waals surface area contributed by atoms with Crippen LogP contribution in [0.1, 0.15) is 16.7 Å². The van der Waals surface area contributed by atoms with Gasteiger partial charge in [-0.3, -0.25) is 9.11 Å². The maximum Gasteiger partial charge on any atom is 0.294 e. The van der Waals surface area contributed by atoms with Crippen molar-refractivity contribution in [3.05, 3.63) is 59.2 Å². The molecule has 0 unspecified atom stereocenters. The Morgan fingerprint density at radius 2 is 1.09 bits per heavy atom. The Balaban J connectivity index is 0.000000231. The van der Waals surface area contributed by atoms with Gasteiger partial charge in [0.2, 0.25) is 0 Å². The minimum atomic E-state index is -4.04. The van der Waals surface area contributed by atoms with Crippen molar-refractivity contribution in [3.63, 3.8) is 0 Å². The van der Waals surface area contributed by atoms with E-state index in [2.05, 4.69) is 0 Å². The Bertz CT molecular complexity index is 882. The zero-order valence-corrected chi connectivity index (χ0v) is 14.5. The molecule has 2 N–H and O–H groups in total. The molecule has 0 aliphatic heterocycles. The van der Waals surface area contributed by atoms with Gasteiger partial charge in [-0.1, -0.05) is 23.8 Å². The molecule has 0 atom stereocenters. The molecule has 2 rings (SSSR count). The normalized spacial score (nSPS) is 11.5. The molecule has 2 aromatic carbocycles. The SMILES string of the molecule is Cc1ccc(S(=O)(=O)O)cc1.Cc1ccc(S(=O)(=O)O)cc1C. The Morgan fingerprint density at radius 3 is 1.48 bits per heavy atom. The van der Waals surface area contributed by atoms with Crippen LogP contribution in [0.2, 0.25) is 0 Å². The minimum Gasteiger partial charge on any atom is -0.282 e. The monoisotopic (exact) mass is 358 g/mol. The molecular weight excluding hydrogens is 340 g/mol. The van der Waals surface area contributed by atoms with Gasteiger partial charge >= 0.3 is 0 Å². The van der Waals surface area contributed by atoms with Crippen LogP contribution in [0, 0.1) is 20.8 Å². The van der Waals surface area contributed by atoms with Crippen molar-refractivity contribution >= 4 is 20.2 Å². The summed E-state index contributed by atoms with van der Waals surface area (Å²) in [6.45, 7) is 5.51. The van der Waals surface area contributed by atoms with Crippen molar-refractivity contribution in [1.29, 1.82) is 0 Å². The van der Waals surface area contributed by atoms with E-state index in [4.69, 9.17) is 9.11 Å². The van der Waals surface area contributed by atoms with Gasteiger partial charge in [-0.25, -0.2) is 0 Å². The molecule has 0 saturated carbocycles. The number of aryl methyl sites for hydroxylation is 3. The summed E-state index contributed by atoms with van der Waals surface area (Å²) in [7, 11) is -8.06. The molecule has 0 aromatic heterocycles. The van der Waals surface area contributed by atoms with Crippen LogP contribution in [-0.2, 0) is 20.2 Å². The van der Waals surface area contributed by atoms with Gasteiger partial charge in [0, 0.05) is 0 Å². The van der Waals surface area contributed by atoms with Gasteiger partial charge in [0.15, 0.2) is 0 Å². The fraction of sp³-hybridized carbons (Fsp3) is 0.200. The highest BCUT2D eigenvalue weighted by atomic mass is 32.2. The lowest BCUT2D eigenvalue weighted by Crippen LogP contribution is -1.98. The molecule has 0 bridgehead atoms. The predicted octanol–water partition coefficient (Wildman–Crippen LogP) is 2.79. The smallest absolute Gasteiger partial charge is 0.282 e. The summed E-state index contributed by atoms with van der Waals surface area (Å²) in [5.41, 5.74) is 2.81. The highest BCUT2D eigenvalue weighted by molar-refractivity contribution is 7.86. The standard InChI is InChI=1S/C8H10O3S.C7H8O3S/c1-6-3-4-8(5-7(6)2)12(9,10)11;1-6-2-4-7(5-3-6)11(8,9)10/h3-5H,1-2H3,(H,9,10,11);2-5H,1H3,(H,8,9,10). The van der Waals surface area contributed by atoms with E-state index in [9.17, 15) is 16.8 Å². The molecule has 0 heterocycles. The third-order valence-corrected chi connectivity index (χ3v) is 4.81. The molecule has 0 amide bonds. The van der Waals surface area contributed by atoms with Gasteiger partial charge in [-0.2, -0.15) is 16.8 Å². The highest BCUT2D eigenvalue weighted by Crippen LogP contribution is 2.13. The topological polar surface area (TPSA) is 109 Å². The van der Waals surface area contributed by atoms with Crippen molar-refractivity contribution in [3.8, 4) is 0 Å². The van der Waals surface area contributed by atoms with Crippen LogP contribution in [0.25, 0.3) is 0 Å². The first-order valence-corrected chi connectivity index (χ1v) is 9.38. The summed E-state index contributed by atoms with van der Waals surface area (Å²) in [6.07, 6.45) is 0. The molecule has 0 saturated heterocycles. The second kappa shape index (κ2) is 7.22. The van der Waals surface area contributed by atoms with Crippen LogP contribution in [0.5, 0.6) is 0 Å². The predicted molar refractivity (Wildman–Crippen MR) is 86.7 cm³/mol. The molecule has 0 radical (unpaired) electrons. The highest BCUT2D eigenvalue weighted by Gasteiger charge is 2.09. The van der Waals surface area contributed by atoms with Gasteiger partial charge in [-0.15, -0.1) is 0 Å². The lowest BCUT2D eigenvalue weighted by atomic mass is 10.1. The van der Waals surface area contributed by atoms with Crippen LogP contribution in [0.15, 0.2) is 52.3 Å². The van der Waals surface area contributed by atoms with E-state index >= 15 is 0 Å².